The quantitative estimate of drug-likeness (QED) is 0.379. The van der Waals surface area contributed by atoms with Gasteiger partial charge in [-0.3, -0.25) is 4.79 Å². The number of rotatable bonds is 12. The van der Waals surface area contributed by atoms with Crippen LogP contribution in [0, 0.1) is 0 Å². The summed E-state index contributed by atoms with van der Waals surface area (Å²) in [5.74, 6) is 1.37. The number of amides is 1. The molecule has 0 saturated heterocycles. The van der Waals surface area contributed by atoms with E-state index in [1.54, 1.807) is 30.3 Å². The maximum atomic E-state index is 12.2. The lowest BCUT2D eigenvalue weighted by Gasteiger charge is -2.13. The highest BCUT2D eigenvalue weighted by Gasteiger charge is 2.12. The van der Waals surface area contributed by atoms with Crippen molar-refractivity contribution in [3.05, 3.63) is 42.0 Å². The van der Waals surface area contributed by atoms with Crippen LogP contribution < -0.4 is 29.0 Å². The van der Waals surface area contributed by atoms with E-state index in [4.69, 9.17) is 28.4 Å². The van der Waals surface area contributed by atoms with E-state index in [-0.39, 0.29) is 0 Å². The van der Waals surface area contributed by atoms with Gasteiger partial charge in [0.1, 0.15) is 5.75 Å². The Labute approximate surface area is 193 Å². The molecule has 0 aromatic heterocycles. The first-order valence-electron chi connectivity index (χ1n) is 10.3. The second-order valence-corrected chi connectivity index (χ2v) is 6.47. The number of anilines is 1. The first-order valence-corrected chi connectivity index (χ1v) is 10.3. The monoisotopic (exact) mass is 459 g/mol. The lowest BCUT2D eigenvalue weighted by molar-refractivity contribution is -0.142. The van der Waals surface area contributed by atoms with Gasteiger partial charge in [0.15, 0.2) is 29.6 Å². The smallest absolute Gasteiger partial charge is 0.331 e. The molecule has 0 unspecified atom stereocenters. The van der Waals surface area contributed by atoms with Gasteiger partial charge in [-0.1, -0.05) is 0 Å². The molecule has 0 fully saturated rings. The van der Waals surface area contributed by atoms with Crippen molar-refractivity contribution >= 4 is 23.6 Å². The molecule has 178 valence electrons. The number of esters is 1. The molecular formula is C24H29NO8. The van der Waals surface area contributed by atoms with Gasteiger partial charge in [-0.2, -0.15) is 0 Å². The Hall–Kier alpha value is -3.88. The van der Waals surface area contributed by atoms with Crippen molar-refractivity contribution in [2.45, 2.75) is 13.8 Å². The van der Waals surface area contributed by atoms with E-state index >= 15 is 0 Å². The molecule has 33 heavy (non-hydrogen) atoms. The lowest BCUT2D eigenvalue weighted by atomic mass is 10.1. The topological polar surface area (TPSA) is 102 Å². The number of methoxy groups -OCH3 is 3. The maximum Gasteiger partial charge on any atom is 0.331 e. The minimum absolute atomic E-state index is 0.451. The van der Waals surface area contributed by atoms with Crippen molar-refractivity contribution in [3.63, 3.8) is 0 Å². The number of benzene rings is 2. The Kier molecular flexibility index (Phi) is 9.88. The average Bonchev–Trinajstić information content (AvgIpc) is 2.82. The molecule has 1 N–H and O–H groups in total. The first kappa shape index (κ1) is 25.4. The van der Waals surface area contributed by atoms with E-state index in [2.05, 4.69) is 5.32 Å². The Morgan fingerprint density at radius 2 is 1.45 bits per heavy atom. The molecule has 0 bridgehead atoms. The zero-order valence-corrected chi connectivity index (χ0v) is 19.4. The molecule has 2 aromatic rings. The third kappa shape index (κ3) is 7.34. The number of hydrogen-bond acceptors (Lipinski definition) is 8. The van der Waals surface area contributed by atoms with E-state index in [0.717, 1.165) is 0 Å². The summed E-state index contributed by atoms with van der Waals surface area (Å²) >= 11 is 0. The third-order valence-corrected chi connectivity index (χ3v) is 4.31. The van der Waals surface area contributed by atoms with E-state index < -0.39 is 18.5 Å². The van der Waals surface area contributed by atoms with Gasteiger partial charge in [-0.25, -0.2) is 4.79 Å². The molecule has 0 spiro atoms. The summed E-state index contributed by atoms with van der Waals surface area (Å²) in [4.78, 5) is 24.3. The molecule has 1 amide bonds. The predicted molar refractivity (Wildman–Crippen MR) is 124 cm³/mol. The highest BCUT2D eigenvalue weighted by molar-refractivity contribution is 5.95. The minimum atomic E-state index is -0.691. The summed E-state index contributed by atoms with van der Waals surface area (Å²) in [6.45, 7) is 4.21. The standard InChI is InChI=1S/C24H29NO8/c1-6-31-18-10-9-17(13-22(18)32-7-2)25-23(26)15-33-24(27)11-8-16-12-20(29-4)21(30-5)14-19(16)28-3/h8-14H,6-7,15H2,1-5H3,(H,25,26)/b11-8+. The summed E-state index contributed by atoms with van der Waals surface area (Å²) in [5.41, 5.74) is 1.07. The number of carbonyl (C=O) groups is 2. The van der Waals surface area contributed by atoms with Crippen molar-refractivity contribution < 1.29 is 38.0 Å². The van der Waals surface area contributed by atoms with Crippen LogP contribution >= 0.6 is 0 Å². The first-order chi connectivity index (χ1) is 15.9. The largest absolute Gasteiger partial charge is 0.496 e. The van der Waals surface area contributed by atoms with E-state index in [1.165, 1.54) is 33.5 Å². The zero-order valence-electron chi connectivity index (χ0n) is 19.4. The number of nitrogens with one attached hydrogen (secondary N) is 1. The van der Waals surface area contributed by atoms with E-state index in [1.807, 2.05) is 13.8 Å². The van der Waals surface area contributed by atoms with Crippen LogP contribution in [0.3, 0.4) is 0 Å². The SMILES string of the molecule is CCOc1ccc(NC(=O)COC(=O)/C=C/c2cc(OC)c(OC)cc2OC)cc1OCC. The Bertz CT molecular complexity index is 987. The average molecular weight is 459 g/mol. The van der Waals surface area contributed by atoms with Crippen LogP contribution in [0.25, 0.3) is 6.08 Å². The number of ether oxygens (including phenoxy) is 6. The van der Waals surface area contributed by atoms with Crippen LogP contribution in [-0.4, -0.2) is 53.0 Å². The molecule has 0 aliphatic heterocycles. The van der Waals surface area contributed by atoms with Crippen LogP contribution in [0.5, 0.6) is 28.7 Å². The molecule has 2 aromatic carbocycles. The van der Waals surface area contributed by atoms with Crippen molar-refractivity contribution in [2.75, 3.05) is 46.5 Å². The van der Waals surface area contributed by atoms with E-state index in [0.29, 0.717) is 53.2 Å². The molecule has 2 rings (SSSR count). The van der Waals surface area contributed by atoms with Crippen molar-refractivity contribution in [1.29, 1.82) is 0 Å². The van der Waals surface area contributed by atoms with Gasteiger partial charge in [0.05, 0.1) is 34.5 Å². The summed E-state index contributed by atoms with van der Waals surface area (Å²) in [6.07, 6.45) is 2.70. The highest BCUT2D eigenvalue weighted by Crippen LogP contribution is 2.35. The Balaban J connectivity index is 1.98. The molecule has 0 radical (unpaired) electrons. The summed E-state index contributed by atoms with van der Waals surface area (Å²) in [7, 11) is 4.52. The normalized spacial score (nSPS) is 10.5. The van der Waals surface area contributed by atoms with Gasteiger partial charge in [-0.15, -0.1) is 0 Å². The summed E-state index contributed by atoms with van der Waals surface area (Å²) in [5, 5.41) is 2.66. The summed E-state index contributed by atoms with van der Waals surface area (Å²) in [6, 6.07) is 8.34. The highest BCUT2D eigenvalue weighted by atomic mass is 16.5. The van der Waals surface area contributed by atoms with Crippen LogP contribution in [0.4, 0.5) is 5.69 Å². The van der Waals surface area contributed by atoms with Crippen LogP contribution in [-0.2, 0) is 14.3 Å². The van der Waals surface area contributed by atoms with Crippen molar-refractivity contribution in [1.82, 2.24) is 0 Å². The van der Waals surface area contributed by atoms with Crippen LogP contribution in [0.1, 0.15) is 19.4 Å². The Morgan fingerprint density at radius 1 is 0.818 bits per heavy atom. The fourth-order valence-corrected chi connectivity index (χ4v) is 2.85. The second-order valence-electron chi connectivity index (χ2n) is 6.47. The van der Waals surface area contributed by atoms with Gasteiger partial charge in [0.2, 0.25) is 0 Å². The molecular weight excluding hydrogens is 430 g/mol. The fourth-order valence-electron chi connectivity index (χ4n) is 2.85. The molecule has 9 nitrogen and oxygen atoms in total. The van der Waals surface area contributed by atoms with Crippen molar-refractivity contribution in [3.8, 4) is 28.7 Å². The Morgan fingerprint density at radius 3 is 2.09 bits per heavy atom. The molecule has 0 heterocycles. The van der Waals surface area contributed by atoms with Crippen LogP contribution in [0.15, 0.2) is 36.4 Å². The van der Waals surface area contributed by atoms with Gasteiger partial charge in [0, 0.05) is 29.5 Å². The molecule has 0 aliphatic carbocycles. The summed E-state index contributed by atoms with van der Waals surface area (Å²) < 4.78 is 31.9. The predicted octanol–water partition coefficient (Wildman–Crippen LogP) is 3.70. The number of hydrogen-bond donors (Lipinski definition) is 1. The third-order valence-electron chi connectivity index (χ3n) is 4.31. The van der Waals surface area contributed by atoms with Gasteiger partial charge < -0.3 is 33.7 Å². The van der Waals surface area contributed by atoms with Gasteiger partial charge in [0.25, 0.3) is 5.91 Å². The number of carbonyl (C=O) groups excluding carboxylic acids is 2. The van der Waals surface area contributed by atoms with Crippen LogP contribution in [0.2, 0.25) is 0 Å². The lowest BCUT2D eigenvalue weighted by Crippen LogP contribution is -2.20. The van der Waals surface area contributed by atoms with Crippen molar-refractivity contribution in [2.24, 2.45) is 0 Å². The zero-order chi connectivity index (χ0) is 24.2. The minimum Gasteiger partial charge on any atom is -0.496 e. The molecule has 9 heteroatoms. The molecule has 0 saturated carbocycles. The fraction of sp³-hybridized carbons (Fsp3) is 0.333. The van der Waals surface area contributed by atoms with E-state index in [9.17, 15) is 9.59 Å². The molecule has 0 aliphatic rings. The molecule has 0 atom stereocenters. The van der Waals surface area contributed by atoms with Gasteiger partial charge >= 0.3 is 5.97 Å². The maximum absolute atomic E-state index is 12.2. The van der Waals surface area contributed by atoms with Gasteiger partial charge in [-0.05, 0) is 38.1 Å². The second kappa shape index (κ2) is 12.8.